The Morgan fingerprint density at radius 1 is 1.17 bits per heavy atom. The average Bonchev–Trinajstić information content (AvgIpc) is 3.08. The summed E-state index contributed by atoms with van der Waals surface area (Å²) >= 11 is 19.1. The molecule has 29 heavy (non-hydrogen) atoms. The molecule has 2 heterocycles. The molecule has 0 fully saturated rings. The predicted molar refractivity (Wildman–Crippen MR) is 120 cm³/mol. The second kappa shape index (κ2) is 8.05. The Bertz CT molecular complexity index is 1100. The number of nitrogens with zero attached hydrogens (tertiary/aromatic N) is 3. The van der Waals surface area contributed by atoms with E-state index < -0.39 is 0 Å². The average molecular weight is 452 g/mol. The van der Waals surface area contributed by atoms with Crippen molar-refractivity contribution < 1.29 is 4.79 Å². The molecule has 2 N–H and O–H groups in total. The summed E-state index contributed by atoms with van der Waals surface area (Å²) in [6, 6.07) is 9.30. The van der Waals surface area contributed by atoms with Crippen molar-refractivity contribution in [3.8, 4) is 0 Å². The normalized spacial score (nSPS) is 14.8. The molecule has 1 aliphatic heterocycles. The van der Waals surface area contributed by atoms with Gasteiger partial charge in [-0.25, -0.2) is 4.98 Å². The Hall–Kier alpha value is -1.95. The van der Waals surface area contributed by atoms with Crippen molar-refractivity contribution in [1.82, 2.24) is 9.55 Å². The SMILES string of the molecule is CCC(CC(N)=O)c1ccc(Cl)c2nc3n(c12)CCCN3c1ccc(Cl)cc1Cl. The molecule has 0 bridgehead atoms. The highest BCUT2D eigenvalue weighted by molar-refractivity contribution is 6.36. The van der Waals surface area contributed by atoms with Gasteiger partial charge in [0.25, 0.3) is 0 Å². The van der Waals surface area contributed by atoms with Crippen LogP contribution in [-0.4, -0.2) is 22.0 Å². The molecular formula is C21H21Cl3N4O. The van der Waals surface area contributed by atoms with Gasteiger partial charge in [0.1, 0.15) is 5.52 Å². The van der Waals surface area contributed by atoms with Crippen molar-refractivity contribution in [3.63, 3.8) is 0 Å². The Kier molecular flexibility index (Phi) is 5.65. The number of anilines is 2. The van der Waals surface area contributed by atoms with Gasteiger partial charge in [-0.1, -0.05) is 47.8 Å². The number of fused-ring (bicyclic) bond motifs is 3. The van der Waals surface area contributed by atoms with Crippen LogP contribution in [0.1, 0.15) is 37.7 Å². The lowest BCUT2D eigenvalue weighted by Crippen LogP contribution is -2.28. The van der Waals surface area contributed by atoms with Gasteiger partial charge >= 0.3 is 0 Å². The predicted octanol–water partition coefficient (Wildman–Crippen LogP) is 5.91. The highest BCUT2D eigenvalue weighted by atomic mass is 35.5. The zero-order valence-corrected chi connectivity index (χ0v) is 18.2. The summed E-state index contributed by atoms with van der Waals surface area (Å²) in [5, 5.41) is 1.75. The van der Waals surface area contributed by atoms with Crippen LogP contribution in [0.25, 0.3) is 11.0 Å². The van der Waals surface area contributed by atoms with E-state index in [0.29, 0.717) is 21.5 Å². The van der Waals surface area contributed by atoms with Crippen LogP contribution in [0, 0.1) is 0 Å². The van der Waals surface area contributed by atoms with E-state index in [1.807, 2.05) is 24.3 Å². The van der Waals surface area contributed by atoms with Gasteiger partial charge in [0, 0.05) is 24.5 Å². The minimum atomic E-state index is -0.312. The standard InChI is InChI=1S/C21H21Cl3N4O/c1-2-12(10-18(25)29)14-5-6-15(23)19-20(14)28-9-3-8-27(21(28)26-19)17-7-4-13(22)11-16(17)24/h4-7,11-12H,2-3,8-10H2,1H3,(H2,25,29). The molecule has 1 atom stereocenters. The van der Waals surface area contributed by atoms with E-state index in [-0.39, 0.29) is 11.8 Å². The van der Waals surface area contributed by atoms with Gasteiger partial charge < -0.3 is 15.2 Å². The largest absolute Gasteiger partial charge is 0.370 e. The van der Waals surface area contributed by atoms with Gasteiger partial charge in [-0.3, -0.25) is 4.79 Å². The Morgan fingerprint density at radius 2 is 1.97 bits per heavy atom. The van der Waals surface area contributed by atoms with Crippen molar-refractivity contribution in [3.05, 3.63) is 51.0 Å². The molecule has 5 nitrogen and oxygen atoms in total. The zero-order valence-electron chi connectivity index (χ0n) is 16.0. The second-order valence-corrected chi connectivity index (χ2v) is 8.52. The maximum Gasteiger partial charge on any atom is 0.218 e. The first kappa shape index (κ1) is 20.3. The number of hydrogen-bond acceptors (Lipinski definition) is 3. The molecule has 4 rings (SSSR count). The molecule has 0 saturated heterocycles. The number of rotatable bonds is 5. The Labute approximate surface area is 184 Å². The Morgan fingerprint density at radius 3 is 2.66 bits per heavy atom. The number of aromatic nitrogens is 2. The number of carbonyl (C=O) groups excluding carboxylic acids is 1. The van der Waals surface area contributed by atoms with Gasteiger partial charge in [0.2, 0.25) is 11.9 Å². The highest BCUT2D eigenvalue weighted by Crippen LogP contribution is 2.41. The van der Waals surface area contributed by atoms with E-state index in [0.717, 1.165) is 54.2 Å². The van der Waals surface area contributed by atoms with E-state index in [2.05, 4.69) is 16.4 Å². The van der Waals surface area contributed by atoms with Gasteiger partial charge in [0.05, 0.1) is 21.2 Å². The quantitative estimate of drug-likeness (QED) is 0.524. The van der Waals surface area contributed by atoms with Crippen molar-refractivity contribution >= 4 is 63.4 Å². The van der Waals surface area contributed by atoms with Crippen LogP contribution in [0.15, 0.2) is 30.3 Å². The van der Waals surface area contributed by atoms with Crippen LogP contribution in [0.4, 0.5) is 11.6 Å². The number of carbonyl (C=O) groups is 1. The summed E-state index contributed by atoms with van der Waals surface area (Å²) in [5.41, 5.74) is 9.11. The molecule has 3 aromatic rings. The smallest absolute Gasteiger partial charge is 0.218 e. The molecule has 8 heteroatoms. The molecule has 0 saturated carbocycles. The van der Waals surface area contributed by atoms with Crippen LogP contribution in [0.5, 0.6) is 0 Å². The number of hydrogen-bond donors (Lipinski definition) is 1. The minimum absolute atomic E-state index is 0.0163. The maximum absolute atomic E-state index is 11.6. The fourth-order valence-corrected chi connectivity index (χ4v) is 4.81. The topological polar surface area (TPSA) is 64.2 Å². The third kappa shape index (κ3) is 3.67. The summed E-state index contributed by atoms with van der Waals surface area (Å²) in [6.07, 6.45) is 2.02. The summed E-state index contributed by atoms with van der Waals surface area (Å²) in [7, 11) is 0. The summed E-state index contributed by atoms with van der Waals surface area (Å²) < 4.78 is 2.18. The summed E-state index contributed by atoms with van der Waals surface area (Å²) in [5.74, 6) is 0.495. The fourth-order valence-electron chi connectivity index (χ4n) is 4.10. The molecule has 0 radical (unpaired) electrons. The number of halogens is 3. The van der Waals surface area contributed by atoms with E-state index in [9.17, 15) is 4.79 Å². The molecule has 1 aromatic heterocycles. The maximum atomic E-state index is 11.6. The van der Waals surface area contributed by atoms with Gasteiger partial charge in [-0.2, -0.15) is 0 Å². The fraction of sp³-hybridized carbons (Fsp3) is 0.333. The first-order valence-corrected chi connectivity index (χ1v) is 10.7. The number of imidazole rings is 1. The molecule has 152 valence electrons. The molecular weight excluding hydrogens is 431 g/mol. The van der Waals surface area contributed by atoms with Gasteiger partial charge in [-0.15, -0.1) is 0 Å². The van der Waals surface area contributed by atoms with Gasteiger partial charge in [0.15, 0.2) is 0 Å². The van der Waals surface area contributed by atoms with Crippen LogP contribution in [0.3, 0.4) is 0 Å². The highest BCUT2D eigenvalue weighted by Gasteiger charge is 2.28. The van der Waals surface area contributed by atoms with Crippen LogP contribution in [0.2, 0.25) is 15.1 Å². The van der Waals surface area contributed by atoms with Crippen LogP contribution >= 0.6 is 34.8 Å². The first-order valence-electron chi connectivity index (χ1n) is 9.60. The van der Waals surface area contributed by atoms with Crippen LogP contribution < -0.4 is 10.6 Å². The zero-order chi connectivity index (χ0) is 20.7. The number of aryl methyl sites for hydroxylation is 1. The third-order valence-corrected chi connectivity index (χ3v) is 6.28. The number of benzene rings is 2. The molecule has 1 amide bonds. The van der Waals surface area contributed by atoms with Crippen molar-refractivity contribution in [1.29, 1.82) is 0 Å². The Balaban J connectivity index is 1.91. The monoisotopic (exact) mass is 450 g/mol. The molecule has 0 aliphatic carbocycles. The number of nitrogens with two attached hydrogens (primary N) is 1. The number of amides is 1. The second-order valence-electron chi connectivity index (χ2n) is 7.27. The van der Waals surface area contributed by atoms with Crippen molar-refractivity contribution in [2.24, 2.45) is 5.73 Å². The molecule has 1 aliphatic rings. The molecule has 0 spiro atoms. The van der Waals surface area contributed by atoms with Crippen LogP contribution in [-0.2, 0) is 11.3 Å². The minimum Gasteiger partial charge on any atom is -0.370 e. The van der Waals surface area contributed by atoms with Crippen molar-refractivity contribution in [2.45, 2.75) is 38.6 Å². The third-order valence-electron chi connectivity index (χ3n) is 5.44. The summed E-state index contributed by atoms with van der Waals surface area (Å²) in [6.45, 7) is 3.66. The molecule has 1 unspecified atom stereocenters. The van der Waals surface area contributed by atoms with Gasteiger partial charge in [-0.05, 0) is 48.6 Å². The lowest BCUT2D eigenvalue weighted by atomic mass is 9.91. The first-order chi connectivity index (χ1) is 13.9. The number of primary amides is 1. The van der Waals surface area contributed by atoms with Crippen molar-refractivity contribution in [2.75, 3.05) is 11.4 Å². The van der Waals surface area contributed by atoms with E-state index in [1.54, 1.807) is 6.07 Å². The summed E-state index contributed by atoms with van der Waals surface area (Å²) in [4.78, 5) is 18.6. The lowest BCUT2D eigenvalue weighted by Gasteiger charge is -2.30. The van der Waals surface area contributed by atoms with E-state index >= 15 is 0 Å². The molecule has 2 aromatic carbocycles. The van der Waals surface area contributed by atoms with E-state index in [1.165, 1.54) is 0 Å². The lowest BCUT2D eigenvalue weighted by molar-refractivity contribution is -0.118. The van der Waals surface area contributed by atoms with E-state index in [4.69, 9.17) is 45.5 Å².